The number of aromatic nitrogens is 3. The molecule has 0 saturated heterocycles. The van der Waals surface area contributed by atoms with Gasteiger partial charge in [-0.25, -0.2) is 0 Å². The number of non-ortho nitro benzene ring substituents is 1. The molecule has 0 spiro atoms. The van der Waals surface area contributed by atoms with Crippen LogP contribution in [0.1, 0.15) is 50.9 Å². The van der Waals surface area contributed by atoms with Crippen molar-refractivity contribution in [2.75, 3.05) is 12.4 Å². The van der Waals surface area contributed by atoms with Crippen molar-refractivity contribution in [3.63, 3.8) is 0 Å². The molecule has 3 rings (SSSR count). The summed E-state index contributed by atoms with van der Waals surface area (Å²) >= 11 is 1.34. The predicted octanol–water partition coefficient (Wildman–Crippen LogP) is 4.13. The zero-order chi connectivity index (χ0) is 21.0. The number of aryl methyl sites for hydroxylation is 1. The Hall–Kier alpha value is -2.62. The van der Waals surface area contributed by atoms with Crippen molar-refractivity contribution in [1.29, 1.82) is 0 Å². The van der Waals surface area contributed by atoms with E-state index < -0.39 is 10.2 Å². The average molecular weight is 420 g/mol. The molecule has 10 heteroatoms. The Labute approximate surface area is 173 Å². The Morgan fingerprint density at radius 2 is 2.07 bits per heavy atom. The first-order valence-corrected chi connectivity index (χ1v) is 10.5. The molecule has 2 aromatic rings. The van der Waals surface area contributed by atoms with Crippen molar-refractivity contribution in [2.45, 2.75) is 62.4 Å². The van der Waals surface area contributed by atoms with E-state index in [1.54, 1.807) is 6.92 Å². The monoisotopic (exact) mass is 419 g/mol. The molecule has 0 radical (unpaired) electrons. The maximum absolute atomic E-state index is 12.7. The summed E-state index contributed by atoms with van der Waals surface area (Å²) in [6.07, 6.45) is 5.82. The molecule has 1 saturated carbocycles. The number of nitrogens with zero attached hydrogens (tertiary/aromatic N) is 4. The van der Waals surface area contributed by atoms with Gasteiger partial charge in [0.05, 0.1) is 23.0 Å². The van der Waals surface area contributed by atoms with Crippen molar-refractivity contribution in [3.8, 4) is 5.75 Å². The average Bonchev–Trinajstić information content (AvgIpc) is 3.08. The molecule has 1 fully saturated rings. The van der Waals surface area contributed by atoms with E-state index >= 15 is 0 Å². The van der Waals surface area contributed by atoms with Crippen LogP contribution < -0.4 is 10.1 Å². The highest BCUT2D eigenvalue weighted by molar-refractivity contribution is 8.00. The van der Waals surface area contributed by atoms with Gasteiger partial charge >= 0.3 is 0 Å². The molecule has 1 atom stereocenters. The topological polar surface area (TPSA) is 112 Å². The summed E-state index contributed by atoms with van der Waals surface area (Å²) in [6.45, 7) is 3.71. The van der Waals surface area contributed by atoms with Gasteiger partial charge in [-0.2, -0.15) is 0 Å². The number of anilines is 1. The van der Waals surface area contributed by atoms with Gasteiger partial charge in [0.2, 0.25) is 5.91 Å². The molecule has 29 heavy (non-hydrogen) atoms. The van der Waals surface area contributed by atoms with Crippen molar-refractivity contribution in [3.05, 3.63) is 34.1 Å². The van der Waals surface area contributed by atoms with Crippen LogP contribution in [0.3, 0.4) is 0 Å². The van der Waals surface area contributed by atoms with Gasteiger partial charge in [0.1, 0.15) is 11.6 Å². The van der Waals surface area contributed by atoms with Gasteiger partial charge in [0, 0.05) is 18.2 Å². The van der Waals surface area contributed by atoms with E-state index in [1.165, 1.54) is 56.3 Å². The molecule has 1 heterocycles. The summed E-state index contributed by atoms with van der Waals surface area (Å²) in [5.74, 6) is 0.930. The lowest BCUT2D eigenvalue weighted by molar-refractivity contribution is -0.384. The molecule has 9 nitrogen and oxygen atoms in total. The molecular weight excluding hydrogens is 394 g/mol. The molecule has 1 N–H and O–H groups in total. The third kappa shape index (κ3) is 4.87. The van der Waals surface area contributed by atoms with Crippen LogP contribution in [0.5, 0.6) is 5.75 Å². The fourth-order valence-corrected chi connectivity index (χ4v) is 4.51. The number of methoxy groups -OCH3 is 1. The van der Waals surface area contributed by atoms with Gasteiger partial charge < -0.3 is 14.6 Å². The zero-order valence-electron chi connectivity index (χ0n) is 16.8. The van der Waals surface area contributed by atoms with Crippen LogP contribution in [0, 0.1) is 17.0 Å². The molecule has 0 aliphatic heterocycles. The highest BCUT2D eigenvalue weighted by Gasteiger charge is 2.25. The lowest BCUT2D eigenvalue weighted by Gasteiger charge is -2.25. The van der Waals surface area contributed by atoms with Gasteiger partial charge in [-0.3, -0.25) is 14.9 Å². The fraction of sp³-hybridized carbons (Fsp3) is 0.526. The molecule has 156 valence electrons. The zero-order valence-corrected chi connectivity index (χ0v) is 17.6. The summed E-state index contributed by atoms with van der Waals surface area (Å²) in [4.78, 5) is 23.3. The number of nitro groups is 1. The maximum atomic E-state index is 12.7. The maximum Gasteiger partial charge on any atom is 0.271 e. The molecule has 1 aromatic heterocycles. The smallest absolute Gasteiger partial charge is 0.271 e. The van der Waals surface area contributed by atoms with E-state index in [-0.39, 0.29) is 17.3 Å². The van der Waals surface area contributed by atoms with Gasteiger partial charge in [-0.15, -0.1) is 10.2 Å². The lowest BCUT2D eigenvalue weighted by Crippen LogP contribution is -2.24. The van der Waals surface area contributed by atoms with Gasteiger partial charge in [-0.1, -0.05) is 31.0 Å². The molecule has 0 bridgehead atoms. The number of amides is 1. The lowest BCUT2D eigenvalue weighted by atomic mass is 9.95. The second kappa shape index (κ2) is 9.25. The number of carbonyl (C=O) groups excluding carboxylic acids is 1. The fourth-order valence-electron chi connectivity index (χ4n) is 3.54. The van der Waals surface area contributed by atoms with Crippen LogP contribution in [-0.4, -0.2) is 38.0 Å². The van der Waals surface area contributed by atoms with Crippen LogP contribution in [0.25, 0.3) is 0 Å². The summed E-state index contributed by atoms with van der Waals surface area (Å²) < 4.78 is 7.35. The SMILES string of the molecule is COc1ccc([N+](=O)[O-])cc1NC(=O)[C@H](C)Sc1nnc(C)n1C1CCCCC1. The first-order chi connectivity index (χ1) is 13.9. The van der Waals surface area contributed by atoms with E-state index in [2.05, 4.69) is 20.1 Å². The molecule has 1 amide bonds. The summed E-state index contributed by atoms with van der Waals surface area (Å²) in [6, 6.07) is 4.47. The van der Waals surface area contributed by atoms with Gasteiger partial charge in [-0.05, 0) is 32.8 Å². The van der Waals surface area contributed by atoms with Crippen molar-refractivity contribution in [1.82, 2.24) is 14.8 Å². The van der Waals surface area contributed by atoms with Gasteiger partial charge in [0.25, 0.3) is 5.69 Å². The van der Waals surface area contributed by atoms with Crippen LogP contribution >= 0.6 is 11.8 Å². The third-order valence-corrected chi connectivity index (χ3v) is 6.13. The number of thioether (sulfide) groups is 1. The highest BCUT2D eigenvalue weighted by Crippen LogP contribution is 2.34. The minimum Gasteiger partial charge on any atom is -0.495 e. The Kier molecular flexibility index (Phi) is 6.73. The van der Waals surface area contributed by atoms with E-state index in [1.807, 2.05) is 6.92 Å². The summed E-state index contributed by atoms with van der Waals surface area (Å²) in [5, 5.41) is 22.5. The van der Waals surface area contributed by atoms with E-state index in [0.717, 1.165) is 23.8 Å². The minimum absolute atomic E-state index is 0.117. The van der Waals surface area contributed by atoms with Crippen LogP contribution in [0.2, 0.25) is 0 Å². The molecule has 0 unspecified atom stereocenters. The van der Waals surface area contributed by atoms with Crippen LogP contribution in [0.4, 0.5) is 11.4 Å². The molecule has 1 aliphatic rings. The number of rotatable bonds is 7. The summed E-state index contributed by atoms with van der Waals surface area (Å²) in [7, 11) is 1.45. The largest absolute Gasteiger partial charge is 0.495 e. The molecular formula is C19H25N5O4S. The number of nitrogens with one attached hydrogen (secondary N) is 1. The van der Waals surface area contributed by atoms with E-state index in [0.29, 0.717) is 11.8 Å². The van der Waals surface area contributed by atoms with Crippen LogP contribution in [0.15, 0.2) is 23.4 Å². The Balaban J connectivity index is 1.74. The van der Waals surface area contributed by atoms with E-state index in [9.17, 15) is 14.9 Å². The standard InChI is InChI=1S/C19H25N5O4S/c1-12(18(25)20-16-11-15(24(26)27)9-10-17(16)28-3)29-19-22-21-13(2)23(19)14-7-5-4-6-8-14/h9-12,14H,4-8H2,1-3H3,(H,20,25)/t12-/m0/s1. The Morgan fingerprint density at radius 1 is 1.34 bits per heavy atom. The predicted molar refractivity (Wildman–Crippen MR) is 110 cm³/mol. The Morgan fingerprint density at radius 3 is 2.72 bits per heavy atom. The second-order valence-electron chi connectivity index (χ2n) is 7.08. The Bertz CT molecular complexity index is 895. The quantitative estimate of drug-likeness (QED) is 0.408. The highest BCUT2D eigenvalue weighted by atomic mass is 32.2. The van der Waals surface area contributed by atoms with Crippen molar-refractivity contribution < 1.29 is 14.5 Å². The second-order valence-corrected chi connectivity index (χ2v) is 8.39. The van der Waals surface area contributed by atoms with Crippen LogP contribution in [-0.2, 0) is 4.79 Å². The van der Waals surface area contributed by atoms with Gasteiger partial charge in [0.15, 0.2) is 5.16 Å². The number of hydrogen-bond acceptors (Lipinski definition) is 7. The van der Waals surface area contributed by atoms with Crippen molar-refractivity contribution in [2.24, 2.45) is 0 Å². The number of nitro benzene ring substituents is 1. The normalized spacial score (nSPS) is 15.7. The number of benzene rings is 1. The number of hydrogen-bond donors (Lipinski definition) is 1. The number of carbonyl (C=O) groups is 1. The van der Waals surface area contributed by atoms with E-state index in [4.69, 9.17) is 4.74 Å². The molecule has 1 aliphatic carbocycles. The third-order valence-electron chi connectivity index (χ3n) is 5.08. The first-order valence-electron chi connectivity index (χ1n) is 9.62. The van der Waals surface area contributed by atoms with Crippen molar-refractivity contribution >= 4 is 29.0 Å². The number of ether oxygens (including phenoxy) is 1. The first kappa shape index (κ1) is 21.1. The minimum atomic E-state index is -0.511. The summed E-state index contributed by atoms with van der Waals surface area (Å²) in [5.41, 5.74) is 0.151. The molecule has 1 aromatic carbocycles.